The van der Waals surface area contributed by atoms with Crippen LogP contribution in [0.2, 0.25) is 0 Å². The topological polar surface area (TPSA) is 35.5 Å². The minimum atomic E-state index is -0.810. The lowest BCUT2D eigenvalue weighted by atomic mass is 9.95. The molecule has 5 heteroatoms. The number of anilines is 1. The first-order chi connectivity index (χ1) is 9.11. The van der Waals surface area contributed by atoms with Gasteiger partial charge in [0.15, 0.2) is 11.6 Å². The summed E-state index contributed by atoms with van der Waals surface area (Å²) in [7, 11) is 0. The fourth-order valence-electron chi connectivity index (χ4n) is 2.70. The molecule has 0 amide bonds. The molecule has 1 aliphatic heterocycles. The van der Waals surface area contributed by atoms with Crippen molar-refractivity contribution in [2.24, 2.45) is 5.92 Å². The molecule has 1 aromatic carbocycles. The number of hydrogen-bond donors (Lipinski definition) is 2. The molecule has 1 saturated heterocycles. The zero-order valence-electron chi connectivity index (χ0n) is 11.1. The van der Waals surface area contributed by atoms with Crippen LogP contribution < -0.4 is 10.2 Å². The van der Waals surface area contributed by atoms with Gasteiger partial charge in [0.25, 0.3) is 0 Å². The van der Waals surface area contributed by atoms with Crippen molar-refractivity contribution in [3.05, 3.63) is 29.8 Å². The predicted molar refractivity (Wildman–Crippen MR) is 71.2 cm³/mol. The van der Waals surface area contributed by atoms with E-state index in [9.17, 15) is 8.78 Å². The van der Waals surface area contributed by atoms with Gasteiger partial charge in [-0.1, -0.05) is 13.0 Å². The number of hydrogen-bond acceptors (Lipinski definition) is 3. The molecule has 1 aromatic rings. The molecule has 1 heterocycles. The summed E-state index contributed by atoms with van der Waals surface area (Å²) in [5, 5.41) is 12.1. The molecule has 1 fully saturated rings. The highest BCUT2D eigenvalue weighted by molar-refractivity contribution is 5.48. The lowest BCUT2D eigenvalue weighted by Crippen LogP contribution is -2.49. The van der Waals surface area contributed by atoms with Crippen LogP contribution in [0.15, 0.2) is 18.2 Å². The number of nitrogens with one attached hydrogen (secondary N) is 1. The van der Waals surface area contributed by atoms with Crippen molar-refractivity contribution in [3.63, 3.8) is 0 Å². The summed E-state index contributed by atoms with van der Waals surface area (Å²) in [5.41, 5.74) is 0.322. The van der Waals surface area contributed by atoms with E-state index in [0.717, 1.165) is 19.0 Å². The molecule has 2 rings (SSSR count). The SMILES string of the molecule is CC1CC(NCCO)CN(c2cccc(F)c2F)C1. The van der Waals surface area contributed by atoms with E-state index < -0.39 is 11.6 Å². The van der Waals surface area contributed by atoms with E-state index in [2.05, 4.69) is 12.2 Å². The van der Waals surface area contributed by atoms with E-state index >= 15 is 0 Å². The summed E-state index contributed by atoms with van der Waals surface area (Å²) < 4.78 is 27.1. The van der Waals surface area contributed by atoms with Crippen molar-refractivity contribution in [3.8, 4) is 0 Å². The third-order valence-corrected chi connectivity index (χ3v) is 3.48. The molecular weight excluding hydrogens is 250 g/mol. The molecule has 2 unspecified atom stereocenters. The Morgan fingerprint density at radius 2 is 2.16 bits per heavy atom. The lowest BCUT2D eigenvalue weighted by Gasteiger charge is -2.38. The van der Waals surface area contributed by atoms with Crippen LogP contribution in [0.25, 0.3) is 0 Å². The number of halogens is 2. The predicted octanol–water partition coefficient (Wildman–Crippen LogP) is 1.76. The van der Waals surface area contributed by atoms with Crippen molar-refractivity contribution >= 4 is 5.69 Å². The minimum Gasteiger partial charge on any atom is -0.395 e. The third kappa shape index (κ3) is 3.42. The smallest absolute Gasteiger partial charge is 0.182 e. The maximum absolute atomic E-state index is 13.8. The molecule has 19 heavy (non-hydrogen) atoms. The van der Waals surface area contributed by atoms with Crippen molar-refractivity contribution in [1.29, 1.82) is 0 Å². The second-order valence-electron chi connectivity index (χ2n) is 5.19. The van der Waals surface area contributed by atoms with Crippen LogP contribution in [0.4, 0.5) is 14.5 Å². The van der Waals surface area contributed by atoms with Gasteiger partial charge in [0.05, 0.1) is 12.3 Å². The molecule has 2 atom stereocenters. The molecule has 0 radical (unpaired) electrons. The van der Waals surface area contributed by atoms with E-state index in [-0.39, 0.29) is 12.6 Å². The number of rotatable bonds is 4. The molecule has 0 saturated carbocycles. The number of aliphatic hydroxyl groups excluding tert-OH is 1. The second kappa shape index (κ2) is 6.30. The molecule has 106 valence electrons. The Morgan fingerprint density at radius 3 is 2.89 bits per heavy atom. The van der Waals surface area contributed by atoms with Crippen molar-refractivity contribution < 1.29 is 13.9 Å². The standard InChI is InChI=1S/C14H20F2N2O/c1-10-7-11(17-5-6-19)9-18(8-10)13-4-2-3-12(15)14(13)16/h2-4,10-11,17,19H,5-9H2,1H3. The Morgan fingerprint density at radius 1 is 1.37 bits per heavy atom. The molecule has 0 aliphatic carbocycles. The van der Waals surface area contributed by atoms with E-state index in [1.807, 2.05) is 4.90 Å². The van der Waals surface area contributed by atoms with Crippen LogP contribution in [-0.4, -0.2) is 37.4 Å². The van der Waals surface area contributed by atoms with E-state index in [1.165, 1.54) is 6.07 Å². The molecule has 1 aliphatic rings. The first-order valence-electron chi connectivity index (χ1n) is 6.65. The Bertz CT molecular complexity index is 428. The molecule has 0 aromatic heterocycles. The van der Waals surface area contributed by atoms with Gasteiger partial charge in [-0.3, -0.25) is 0 Å². The van der Waals surface area contributed by atoms with Gasteiger partial charge in [-0.15, -0.1) is 0 Å². The summed E-state index contributed by atoms with van der Waals surface area (Å²) in [6, 6.07) is 4.47. The van der Waals surface area contributed by atoms with Gasteiger partial charge in [0.2, 0.25) is 0 Å². The average Bonchev–Trinajstić information content (AvgIpc) is 2.39. The number of benzene rings is 1. The van der Waals surface area contributed by atoms with E-state index in [0.29, 0.717) is 24.7 Å². The van der Waals surface area contributed by atoms with Crippen LogP contribution in [0, 0.1) is 17.6 Å². The number of piperidine rings is 1. The van der Waals surface area contributed by atoms with Gasteiger partial charge in [0, 0.05) is 25.7 Å². The van der Waals surface area contributed by atoms with Crippen molar-refractivity contribution in [2.75, 3.05) is 31.1 Å². The minimum absolute atomic E-state index is 0.0825. The maximum Gasteiger partial charge on any atom is 0.182 e. The summed E-state index contributed by atoms with van der Waals surface area (Å²) in [6.07, 6.45) is 0.980. The summed E-state index contributed by atoms with van der Waals surface area (Å²) in [4.78, 5) is 1.88. The Hall–Kier alpha value is -1.20. The lowest BCUT2D eigenvalue weighted by molar-refractivity contribution is 0.269. The third-order valence-electron chi connectivity index (χ3n) is 3.48. The van der Waals surface area contributed by atoms with E-state index in [1.54, 1.807) is 6.07 Å². The normalized spacial score (nSPS) is 23.7. The Kier molecular flexibility index (Phi) is 4.71. The number of nitrogens with zero attached hydrogens (tertiary/aromatic N) is 1. The second-order valence-corrected chi connectivity index (χ2v) is 5.19. The first kappa shape index (κ1) is 14.2. The van der Waals surface area contributed by atoms with Gasteiger partial charge in [-0.2, -0.15) is 0 Å². The van der Waals surface area contributed by atoms with Gasteiger partial charge in [0.1, 0.15) is 0 Å². The zero-order valence-corrected chi connectivity index (χ0v) is 11.1. The molecule has 0 spiro atoms. The highest BCUT2D eigenvalue weighted by Gasteiger charge is 2.26. The molecule has 3 nitrogen and oxygen atoms in total. The van der Waals surface area contributed by atoms with Crippen LogP contribution >= 0.6 is 0 Å². The Balaban J connectivity index is 2.12. The van der Waals surface area contributed by atoms with Crippen LogP contribution in [-0.2, 0) is 0 Å². The zero-order chi connectivity index (χ0) is 13.8. The highest BCUT2D eigenvalue weighted by atomic mass is 19.2. The summed E-state index contributed by atoms with van der Waals surface area (Å²) >= 11 is 0. The monoisotopic (exact) mass is 270 g/mol. The van der Waals surface area contributed by atoms with Gasteiger partial charge >= 0.3 is 0 Å². The summed E-state index contributed by atoms with van der Waals surface area (Å²) in [6.45, 7) is 4.05. The van der Waals surface area contributed by atoms with Crippen LogP contribution in [0.3, 0.4) is 0 Å². The van der Waals surface area contributed by atoms with Crippen LogP contribution in [0.5, 0.6) is 0 Å². The van der Waals surface area contributed by atoms with Gasteiger partial charge < -0.3 is 15.3 Å². The highest BCUT2D eigenvalue weighted by Crippen LogP contribution is 2.26. The fraction of sp³-hybridized carbons (Fsp3) is 0.571. The van der Waals surface area contributed by atoms with Gasteiger partial charge in [-0.25, -0.2) is 8.78 Å². The molecule has 2 N–H and O–H groups in total. The van der Waals surface area contributed by atoms with Gasteiger partial charge in [-0.05, 0) is 24.5 Å². The average molecular weight is 270 g/mol. The Labute approximate surface area is 112 Å². The molecule has 0 bridgehead atoms. The van der Waals surface area contributed by atoms with Crippen LogP contribution in [0.1, 0.15) is 13.3 Å². The first-order valence-corrected chi connectivity index (χ1v) is 6.65. The summed E-state index contributed by atoms with van der Waals surface area (Å²) in [5.74, 6) is -1.19. The number of aliphatic hydroxyl groups is 1. The quantitative estimate of drug-likeness (QED) is 0.875. The van der Waals surface area contributed by atoms with Crippen molar-refractivity contribution in [2.45, 2.75) is 19.4 Å². The van der Waals surface area contributed by atoms with E-state index in [4.69, 9.17) is 5.11 Å². The largest absolute Gasteiger partial charge is 0.395 e. The van der Waals surface area contributed by atoms with Crippen molar-refractivity contribution in [1.82, 2.24) is 5.32 Å². The maximum atomic E-state index is 13.8. The fourth-order valence-corrected chi connectivity index (χ4v) is 2.70. The molecular formula is C14H20F2N2O.